The first-order chi connectivity index (χ1) is 11.2. The smallest absolute Gasteiger partial charge is 0.309 e. The lowest BCUT2D eigenvalue weighted by atomic mass is 9.95. The third-order valence-corrected chi connectivity index (χ3v) is 5.99. The molecule has 1 atom stereocenters. The van der Waals surface area contributed by atoms with E-state index >= 15 is 0 Å². The fourth-order valence-corrected chi connectivity index (χ4v) is 4.89. The number of aromatic nitrogens is 1. The van der Waals surface area contributed by atoms with Gasteiger partial charge in [-0.05, 0) is 17.5 Å². The van der Waals surface area contributed by atoms with E-state index in [1.54, 1.807) is 17.1 Å². The van der Waals surface area contributed by atoms with Crippen molar-refractivity contribution in [3.63, 3.8) is 0 Å². The number of aliphatic imine (C=N–C) groups is 1. The number of carboxylic acids is 1. The van der Waals surface area contributed by atoms with Crippen molar-refractivity contribution in [3.05, 3.63) is 46.5 Å². The van der Waals surface area contributed by atoms with Crippen molar-refractivity contribution in [1.82, 2.24) is 9.88 Å². The maximum absolute atomic E-state index is 10.7. The molecular formula is C16H15N3O2S2. The lowest BCUT2D eigenvalue weighted by Crippen LogP contribution is -2.38. The van der Waals surface area contributed by atoms with Crippen molar-refractivity contribution in [2.45, 2.75) is 25.4 Å². The summed E-state index contributed by atoms with van der Waals surface area (Å²) in [6, 6.07) is 9.07. The predicted octanol–water partition coefficient (Wildman–Crippen LogP) is 2.93. The van der Waals surface area contributed by atoms with Crippen LogP contribution in [0.3, 0.4) is 0 Å². The van der Waals surface area contributed by atoms with Gasteiger partial charge in [0.1, 0.15) is 0 Å². The van der Waals surface area contributed by atoms with Crippen LogP contribution in [-0.2, 0) is 24.2 Å². The van der Waals surface area contributed by atoms with E-state index in [2.05, 4.69) is 39.1 Å². The molecule has 23 heavy (non-hydrogen) atoms. The van der Waals surface area contributed by atoms with E-state index in [9.17, 15) is 4.79 Å². The molecule has 0 radical (unpaired) electrons. The molecular weight excluding hydrogens is 330 g/mol. The van der Waals surface area contributed by atoms with Crippen LogP contribution in [0.25, 0.3) is 0 Å². The van der Waals surface area contributed by atoms with Crippen LogP contribution in [0.2, 0.25) is 0 Å². The van der Waals surface area contributed by atoms with Crippen molar-refractivity contribution in [2.24, 2.45) is 4.99 Å². The summed E-state index contributed by atoms with van der Waals surface area (Å²) in [5, 5.41) is 12.2. The van der Waals surface area contributed by atoms with Crippen LogP contribution in [-0.4, -0.2) is 37.9 Å². The Kier molecular flexibility index (Phi) is 3.82. The van der Waals surface area contributed by atoms with Crippen LogP contribution in [0.4, 0.5) is 5.13 Å². The average molecular weight is 345 g/mol. The number of thioether (sulfide) groups is 1. The Bertz CT molecular complexity index is 787. The number of thiazole rings is 1. The number of rotatable bonds is 3. The molecule has 0 saturated carbocycles. The fraction of sp³-hybridized carbons (Fsp3) is 0.312. The zero-order valence-corrected chi connectivity index (χ0v) is 13.9. The van der Waals surface area contributed by atoms with Crippen LogP contribution in [0.1, 0.15) is 16.8 Å². The average Bonchev–Trinajstić information content (AvgIpc) is 3.12. The summed E-state index contributed by atoms with van der Waals surface area (Å²) in [5.74, 6) is 0.179. The third-order valence-electron chi connectivity index (χ3n) is 4.07. The molecule has 1 aromatic heterocycles. The zero-order chi connectivity index (χ0) is 15.8. The zero-order valence-electron chi connectivity index (χ0n) is 12.3. The van der Waals surface area contributed by atoms with E-state index in [4.69, 9.17) is 5.11 Å². The van der Waals surface area contributed by atoms with E-state index in [0.29, 0.717) is 16.9 Å². The minimum Gasteiger partial charge on any atom is -0.481 e. The quantitative estimate of drug-likeness (QED) is 0.926. The molecule has 0 bridgehead atoms. The highest BCUT2D eigenvalue weighted by Crippen LogP contribution is 2.35. The standard InChI is InChI=1S/C16H15N3O2S2/c20-14(21)6-12-8-22-15(17-12)18-16-19-7-11-4-2-1-3-10(11)5-13(19)9-23-16/h1-4,8,13H,5-7,9H2,(H,20,21)/b18-16+. The Hall–Kier alpha value is -1.86. The van der Waals surface area contributed by atoms with Crippen LogP contribution < -0.4 is 0 Å². The van der Waals surface area contributed by atoms with Crippen LogP contribution in [0, 0.1) is 0 Å². The van der Waals surface area contributed by atoms with Crippen molar-refractivity contribution in [3.8, 4) is 0 Å². The highest BCUT2D eigenvalue weighted by Gasteiger charge is 2.34. The topological polar surface area (TPSA) is 65.8 Å². The summed E-state index contributed by atoms with van der Waals surface area (Å²) in [7, 11) is 0. The molecule has 1 unspecified atom stereocenters. The fourth-order valence-electron chi connectivity index (χ4n) is 2.98. The molecule has 5 nitrogen and oxygen atoms in total. The number of nitrogens with zero attached hydrogens (tertiary/aromatic N) is 3. The molecule has 1 aromatic carbocycles. The molecule has 2 aliphatic rings. The van der Waals surface area contributed by atoms with Crippen LogP contribution >= 0.6 is 23.1 Å². The number of benzene rings is 1. The van der Waals surface area contributed by atoms with Gasteiger partial charge in [0.15, 0.2) is 5.17 Å². The number of hydrogen-bond acceptors (Lipinski definition) is 5. The molecule has 0 spiro atoms. The molecule has 3 heterocycles. The van der Waals surface area contributed by atoms with E-state index < -0.39 is 5.97 Å². The predicted molar refractivity (Wildman–Crippen MR) is 92.5 cm³/mol. The second-order valence-corrected chi connectivity index (χ2v) is 7.48. The SMILES string of the molecule is O=C(O)Cc1csc(/N=C2/SCC3Cc4ccccc4CN23)n1. The highest BCUT2D eigenvalue weighted by atomic mass is 32.2. The maximum atomic E-state index is 10.7. The van der Waals surface area contributed by atoms with Gasteiger partial charge >= 0.3 is 5.97 Å². The Morgan fingerprint density at radius 2 is 2.22 bits per heavy atom. The molecule has 2 aromatic rings. The van der Waals surface area contributed by atoms with E-state index in [1.807, 2.05) is 0 Å². The van der Waals surface area contributed by atoms with Crippen molar-refractivity contribution < 1.29 is 9.90 Å². The number of carbonyl (C=O) groups is 1. The first-order valence-electron chi connectivity index (χ1n) is 7.40. The van der Waals surface area contributed by atoms with Gasteiger partial charge in [0.25, 0.3) is 0 Å². The number of amidine groups is 1. The van der Waals surface area contributed by atoms with E-state index in [1.165, 1.54) is 22.5 Å². The molecule has 2 aliphatic heterocycles. The molecule has 4 rings (SSSR count). The van der Waals surface area contributed by atoms with Gasteiger partial charge in [-0.15, -0.1) is 11.3 Å². The Morgan fingerprint density at radius 1 is 1.39 bits per heavy atom. The van der Waals surface area contributed by atoms with Crippen molar-refractivity contribution in [1.29, 1.82) is 0 Å². The lowest BCUT2D eigenvalue weighted by Gasteiger charge is -2.32. The van der Waals surface area contributed by atoms with Gasteiger partial charge in [-0.1, -0.05) is 36.0 Å². The second kappa shape index (κ2) is 5.98. The summed E-state index contributed by atoms with van der Waals surface area (Å²) in [4.78, 5) is 22.1. The minimum absolute atomic E-state index is 0.0474. The first-order valence-corrected chi connectivity index (χ1v) is 9.26. The summed E-state index contributed by atoms with van der Waals surface area (Å²) in [6.07, 6.45) is 1.01. The maximum Gasteiger partial charge on any atom is 0.309 e. The number of hydrogen-bond donors (Lipinski definition) is 1. The van der Waals surface area contributed by atoms with Gasteiger partial charge in [-0.3, -0.25) is 4.79 Å². The Morgan fingerprint density at radius 3 is 3.04 bits per heavy atom. The summed E-state index contributed by atoms with van der Waals surface area (Å²) < 4.78 is 0. The van der Waals surface area contributed by atoms with Gasteiger partial charge in [-0.25, -0.2) is 4.98 Å². The minimum atomic E-state index is -0.863. The molecule has 118 valence electrons. The van der Waals surface area contributed by atoms with Gasteiger partial charge in [0.05, 0.1) is 12.1 Å². The van der Waals surface area contributed by atoms with Crippen LogP contribution in [0.15, 0.2) is 34.6 Å². The summed E-state index contributed by atoms with van der Waals surface area (Å²) in [5.41, 5.74) is 3.38. The van der Waals surface area contributed by atoms with Crippen LogP contribution in [0.5, 0.6) is 0 Å². The Balaban J connectivity index is 1.56. The third kappa shape index (κ3) is 2.98. The monoisotopic (exact) mass is 345 g/mol. The largest absolute Gasteiger partial charge is 0.481 e. The molecule has 0 aliphatic carbocycles. The number of aliphatic carboxylic acids is 1. The normalized spacial score (nSPS) is 21.3. The molecule has 0 amide bonds. The van der Waals surface area contributed by atoms with Crippen molar-refractivity contribution in [2.75, 3.05) is 5.75 Å². The van der Waals surface area contributed by atoms with Gasteiger partial charge < -0.3 is 10.0 Å². The lowest BCUT2D eigenvalue weighted by molar-refractivity contribution is -0.136. The number of fused-ring (bicyclic) bond motifs is 2. The molecule has 1 N–H and O–H groups in total. The molecule has 7 heteroatoms. The Labute approximate surface area is 142 Å². The molecule has 1 saturated heterocycles. The summed E-state index contributed by atoms with van der Waals surface area (Å²) in [6.45, 7) is 0.889. The van der Waals surface area contributed by atoms with Crippen molar-refractivity contribution >= 4 is 39.4 Å². The molecule has 1 fully saturated rings. The van der Waals surface area contributed by atoms with Gasteiger partial charge in [0.2, 0.25) is 5.13 Å². The van der Waals surface area contributed by atoms with Gasteiger partial charge in [-0.2, -0.15) is 4.99 Å². The summed E-state index contributed by atoms with van der Waals surface area (Å²) >= 11 is 3.16. The van der Waals surface area contributed by atoms with Gasteiger partial charge in [0, 0.05) is 23.7 Å². The first kappa shape index (κ1) is 14.7. The number of carboxylic acid groups (broad SMARTS) is 1. The van der Waals surface area contributed by atoms with E-state index in [-0.39, 0.29) is 6.42 Å². The highest BCUT2D eigenvalue weighted by molar-refractivity contribution is 8.14. The second-order valence-electron chi connectivity index (χ2n) is 5.65. The van der Waals surface area contributed by atoms with E-state index in [0.717, 1.165) is 23.9 Å².